The fourth-order valence-corrected chi connectivity index (χ4v) is 3.92. The van der Waals surface area contributed by atoms with E-state index >= 15 is 0 Å². The van der Waals surface area contributed by atoms with Gasteiger partial charge in [-0.1, -0.05) is 6.92 Å². The monoisotopic (exact) mass is 296 g/mol. The molecular formula is C15H24N2O2S. The van der Waals surface area contributed by atoms with E-state index in [9.17, 15) is 4.79 Å². The fourth-order valence-electron chi connectivity index (χ4n) is 2.62. The molecule has 0 N–H and O–H groups in total. The number of ether oxygens (including phenoxy) is 1. The van der Waals surface area contributed by atoms with Gasteiger partial charge in [0.1, 0.15) is 5.92 Å². The predicted octanol–water partition coefficient (Wildman–Crippen LogP) is 3.36. The van der Waals surface area contributed by atoms with Crippen LogP contribution in [0.5, 0.6) is 0 Å². The summed E-state index contributed by atoms with van der Waals surface area (Å²) in [5, 5.41) is 1.06. The minimum atomic E-state index is -0.148. The van der Waals surface area contributed by atoms with Crippen LogP contribution < -0.4 is 4.90 Å². The topological polar surface area (TPSA) is 42.4 Å². The highest BCUT2D eigenvalue weighted by molar-refractivity contribution is 7.15. The highest BCUT2D eigenvalue weighted by Crippen LogP contribution is 2.40. The van der Waals surface area contributed by atoms with Crippen LogP contribution in [0.4, 0.5) is 5.13 Å². The number of aryl methyl sites for hydroxylation is 1. The zero-order valence-corrected chi connectivity index (χ0v) is 13.6. The van der Waals surface area contributed by atoms with E-state index in [1.165, 1.54) is 4.88 Å². The highest BCUT2D eigenvalue weighted by Gasteiger charge is 2.34. The second-order valence-corrected chi connectivity index (χ2v) is 6.50. The van der Waals surface area contributed by atoms with Crippen molar-refractivity contribution in [2.45, 2.75) is 58.9 Å². The predicted molar refractivity (Wildman–Crippen MR) is 82.6 cm³/mol. The largest absolute Gasteiger partial charge is 0.465 e. The molecule has 1 aliphatic rings. The Morgan fingerprint density at radius 3 is 2.85 bits per heavy atom. The molecule has 4 nitrogen and oxygen atoms in total. The molecule has 20 heavy (non-hydrogen) atoms. The maximum Gasteiger partial charge on any atom is 0.315 e. The summed E-state index contributed by atoms with van der Waals surface area (Å²) in [6.45, 7) is 9.85. The Labute approximate surface area is 125 Å². The van der Waals surface area contributed by atoms with Gasteiger partial charge in [-0.25, -0.2) is 4.98 Å². The molecule has 0 saturated heterocycles. The van der Waals surface area contributed by atoms with Gasteiger partial charge in [0.05, 0.1) is 12.3 Å². The summed E-state index contributed by atoms with van der Waals surface area (Å²) in [7, 11) is 0. The SMILES string of the molecule is CCCN(c1nc2c(s1)CCC2C(=O)OCC)C(C)C. The van der Waals surface area contributed by atoms with E-state index in [2.05, 4.69) is 25.7 Å². The molecule has 2 rings (SSSR count). The van der Waals surface area contributed by atoms with Crippen LogP contribution in [0, 0.1) is 0 Å². The zero-order valence-electron chi connectivity index (χ0n) is 12.8. The van der Waals surface area contributed by atoms with E-state index in [4.69, 9.17) is 9.72 Å². The second-order valence-electron chi connectivity index (χ2n) is 5.44. The molecule has 0 spiro atoms. The Morgan fingerprint density at radius 1 is 1.50 bits per heavy atom. The minimum absolute atomic E-state index is 0.116. The number of aromatic nitrogens is 1. The molecule has 112 valence electrons. The lowest BCUT2D eigenvalue weighted by Crippen LogP contribution is -2.31. The number of esters is 1. The van der Waals surface area contributed by atoms with Crippen LogP contribution in [0.15, 0.2) is 0 Å². The minimum Gasteiger partial charge on any atom is -0.465 e. The van der Waals surface area contributed by atoms with Crippen LogP contribution in [0.2, 0.25) is 0 Å². The molecule has 0 saturated carbocycles. The summed E-state index contributed by atoms with van der Waals surface area (Å²) in [5.41, 5.74) is 0.963. The lowest BCUT2D eigenvalue weighted by atomic mass is 10.1. The number of hydrogen-bond donors (Lipinski definition) is 0. The number of rotatable bonds is 6. The van der Waals surface area contributed by atoms with Gasteiger partial charge in [0, 0.05) is 17.5 Å². The van der Waals surface area contributed by atoms with Gasteiger partial charge in [-0.2, -0.15) is 0 Å². The molecule has 1 atom stereocenters. The quantitative estimate of drug-likeness (QED) is 0.755. The van der Waals surface area contributed by atoms with Crippen LogP contribution in [0.3, 0.4) is 0 Å². The van der Waals surface area contributed by atoms with Crippen molar-refractivity contribution in [2.75, 3.05) is 18.1 Å². The second kappa shape index (κ2) is 6.57. The van der Waals surface area contributed by atoms with Crippen LogP contribution in [0.1, 0.15) is 57.0 Å². The number of nitrogens with zero attached hydrogens (tertiary/aromatic N) is 2. The number of anilines is 1. The van der Waals surface area contributed by atoms with Crippen molar-refractivity contribution in [3.05, 3.63) is 10.6 Å². The molecule has 0 fully saturated rings. The molecule has 0 bridgehead atoms. The van der Waals surface area contributed by atoms with E-state index in [1.54, 1.807) is 11.3 Å². The van der Waals surface area contributed by atoms with Gasteiger partial charge in [-0.05, 0) is 40.0 Å². The van der Waals surface area contributed by atoms with Crippen LogP contribution in [0.25, 0.3) is 0 Å². The van der Waals surface area contributed by atoms with Gasteiger partial charge in [0.2, 0.25) is 0 Å². The van der Waals surface area contributed by atoms with E-state index in [0.29, 0.717) is 12.6 Å². The number of fused-ring (bicyclic) bond motifs is 1. The molecule has 1 heterocycles. The highest BCUT2D eigenvalue weighted by atomic mass is 32.1. The first-order valence-electron chi connectivity index (χ1n) is 7.51. The first kappa shape index (κ1) is 15.3. The van der Waals surface area contributed by atoms with Crippen molar-refractivity contribution in [2.24, 2.45) is 0 Å². The number of carbonyl (C=O) groups excluding carboxylic acids is 1. The normalized spacial score (nSPS) is 17.4. The summed E-state index contributed by atoms with van der Waals surface area (Å²) in [6.07, 6.45) is 2.90. The third kappa shape index (κ3) is 2.97. The van der Waals surface area contributed by atoms with Crippen molar-refractivity contribution in [1.29, 1.82) is 0 Å². The first-order valence-corrected chi connectivity index (χ1v) is 8.32. The molecule has 1 aliphatic carbocycles. The summed E-state index contributed by atoms with van der Waals surface area (Å²) in [5.74, 6) is -0.264. The van der Waals surface area contributed by atoms with Crippen molar-refractivity contribution < 1.29 is 9.53 Å². The average Bonchev–Trinajstić information content (AvgIpc) is 2.95. The zero-order chi connectivity index (χ0) is 14.7. The smallest absolute Gasteiger partial charge is 0.315 e. The maximum atomic E-state index is 12.0. The fraction of sp³-hybridized carbons (Fsp3) is 0.733. The van der Waals surface area contributed by atoms with Crippen LogP contribution >= 0.6 is 11.3 Å². The van der Waals surface area contributed by atoms with Gasteiger partial charge in [-0.3, -0.25) is 4.79 Å². The van der Waals surface area contributed by atoms with Crippen molar-refractivity contribution >= 4 is 22.4 Å². The summed E-state index contributed by atoms with van der Waals surface area (Å²) < 4.78 is 5.16. The molecule has 0 aliphatic heterocycles. The van der Waals surface area contributed by atoms with Gasteiger partial charge in [-0.15, -0.1) is 11.3 Å². The van der Waals surface area contributed by atoms with E-state index in [-0.39, 0.29) is 11.9 Å². The van der Waals surface area contributed by atoms with Crippen molar-refractivity contribution in [3.8, 4) is 0 Å². The van der Waals surface area contributed by atoms with E-state index in [0.717, 1.165) is 36.6 Å². The van der Waals surface area contributed by atoms with E-state index < -0.39 is 0 Å². The number of hydrogen-bond acceptors (Lipinski definition) is 5. The molecule has 5 heteroatoms. The molecule has 0 aromatic carbocycles. The summed E-state index contributed by atoms with van der Waals surface area (Å²) in [4.78, 5) is 20.3. The van der Waals surface area contributed by atoms with Gasteiger partial charge < -0.3 is 9.64 Å². The van der Waals surface area contributed by atoms with Crippen LogP contribution in [-0.4, -0.2) is 30.1 Å². The molecule has 1 unspecified atom stereocenters. The third-order valence-electron chi connectivity index (χ3n) is 3.61. The Hall–Kier alpha value is -1.10. The molecular weight excluding hydrogens is 272 g/mol. The van der Waals surface area contributed by atoms with Gasteiger partial charge >= 0.3 is 5.97 Å². The Bertz CT molecular complexity index is 470. The standard InChI is InChI=1S/C15H24N2O2S/c1-5-9-17(10(3)4)15-16-13-11(14(18)19-6-2)7-8-12(13)20-15/h10-11H,5-9H2,1-4H3. The Balaban J connectivity index is 2.21. The van der Waals surface area contributed by atoms with Crippen molar-refractivity contribution in [1.82, 2.24) is 4.98 Å². The first-order chi connectivity index (χ1) is 9.58. The molecule has 0 amide bonds. The molecule has 0 radical (unpaired) electrons. The lowest BCUT2D eigenvalue weighted by Gasteiger charge is -2.25. The van der Waals surface area contributed by atoms with Crippen molar-refractivity contribution in [3.63, 3.8) is 0 Å². The van der Waals surface area contributed by atoms with Gasteiger partial charge in [0.15, 0.2) is 5.13 Å². The van der Waals surface area contributed by atoms with E-state index in [1.807, 2.05) is 6.92 Å². The maximum absolute atomic E-state index is 12.0. The number of thiazole rings is 1. The number of carbonyl (C=O) groups is 1. The Morgan fingerprint density at radius 2 is 2.25 bits per heavy atom. The summed E-state index contributed by atoms with van der Waals surface area (Å²) >= 11 is 1.74. The molecule has 1 aromatic rings. The summed E-state index contributed by atoms with van der Waals surface area (Å²) in [6, 6.07) is 0.433. The molecule has 1 aromatic heterocycles. The van der Waals surface area contributed by atoms with Gasteiger partial charge in [0.25, 0.3) is 0 Å². The average molecular weight is 296 g/mol. The third-order valence-corrected chi connectivity index (χ3v) is 4.78. The van der Waals surface area contributed by atoms with Crippen LogP contribution in [-0.2, 0) is 16.0 Å². The lowest BCUT2D eigenvalue weighted by molar-refractivity contribution is -0.145. The Kier molecular flexibility index (Phi) is 5.02.